The van der Waals surface area contributed by atoms with Gasteiger partial charge in [-0.25, -0.2) is 9.37 Å². The van der Waals surface area contributed by atoms with Crippen LogP contribution in [0.1, 0.15) is 19.3 Å². The van der Waals surface area contributed by atoms with Crippen LogP contribution < -0.4 is 4.74 Å². The number of pyridine rings is 1. The summed E-state index contributed by atoms with van der Waals surface area (Å²) in [7, 11) is 2.07. The summed E-state index contributed by atoms with van der Waals surface area (Å²) in [6.07, 6.45) is 4.91. The molecule has 94 valence electrons. The zero-order valence-electron chi connectivity index (χ0n) is 9.83. The number of nitrogens with zero attached hydrogens (tertiary/aromatic N) is 2. The summed E-state index contributed by atoms with van der Waals surface area (Å²) in [6, 6.07) is 1.56. The Labute approximate surface area is 106 Å². The second kappa shape index (κ2) is 5.65. The number of hydrogen-bond acceptors (Lipinski definition) is 3. The van der Waals surface area contributed by atoms with E-state index in [1.807, 2.05) is 0 Å². The molecule has 1 aliphatic heterocycles. The Hall–Kier alpha value is -0.870. The predicted molar refractivity (Wildman–Crippen MR) is 65.0 cm³/mol. The maximum Gasteiger partial charge on any atom is 0.250 e. The summed E-state index contributed by atoms with van der Waals surface area (Å²) >= 11 is 5.62. The van der Waals surface area contributed by atoms with E-state index in [0.29, 0.717) is 12.6 Å². The quantitative estimate of drug-likeness (QED) is 0.834. The van der Waals surface area contributed by atoms with Crippen LogP contribution in [0.3, 0.4) is 0 Å². The lowest BCUT2D eigenvalue weighted by molar-refractivity contribution is 0.120. The van der Waals surface area contributed by atoms with Crippen molar-refractivity contribution in [2.24, 2.45) is 0 Å². The number of hydrogen-bond donors (Lipinski definition) is 0. The first-order valence-electron chi connectivity index (χ1n) is 5.81. The van der Waals surface area contributed by atoms with Crippen LogP contribution >= 0.6 is 11.6 Å². The fourth-order valence-corrected chi connectivity index (χ4v) is 2.18. The van der Waals surface area contributed by atoms with Gasteiger partial charge in [-0.15, -0.1) is 0 Å². The molecule has 2 heterocycles. The van der Waals surface area contributed by atoms with Crippen LogP contribution in [0.15, 0.2) is 12.3 Å². The number of halogens is 2. The minimum atomic E-state index is -0.504. The summed E-state index contributed by atoms with van der Waals surface area (Å²) in [6.45, 7) is 1.55. The third-order valence-electron chi connectivity index (χ3n) is 3.11. The molecule has 5 heteroatoms. The molecule has 1 aromatic rings. The molecule has 0 bridgehead atoms. The summed E-state index contributed by atoms with van der Waals surface area (Å²) in [4.78, 5) is 6.09. The van der Waals surface area contributed by atoms with Gasteiger partial charge in [-0.1, -0.05) is 18.0 Å². The van der Waals surface area contributed by atoms with Crippen LogP contribution in [0.2, 0.25) is 5.02 Å². The summed E-state index contributed by atoms with van der Waals surface area (Å²) in [5.74, 6) is -0.468. The zero-order valence-corrected chi connectivity index (χ0v) is 10.6. The van der Waals surface area contributed by atoms with Crippen molar-refractivity contribution in [2.75, 3.05) is 20.2 Å². The molecule has 17 heavy (non-hydrogen) atoms. The number of aromatic nitrogens is 1. The normalized spacial score (nSPS) is 21.5. The SMILES string of the molecule is CN1CCCCC1COc1ncc(Cl)cc1F. The molecule has 0 amide bonds. The van der Waals surface area contributed by atoms with E-state index in [4.69, 9.17) is 16.3 Å². The molecule has 3 nitrogen and oxygen atoms in total. The van der Waals surface area contributed by atoms with Gasteiger partial charge in [-0.3, -0.25) is 0 Å². The van der Waals surface area contributed by atoms with Crippen molar-refractivity contribution in [1.29, 1.82) is 0 Å². The van der Waals surface area contributed by atoms with Crippen molar-refractivity contribution < 1.29 is 9.13 Å². The first-order valence-corrected chi connectivity index (χ1v) is 6.18. The maximum atomic E-state index is 13.4. The topological polar surface area (TPSA) is 25.4 Å². The Morgan fingerprint density at radius 2 is 2.41 bits per heavy atom. The number of likely N-dealkylation sites (N-methyl/N-ethyl adjacent to an activating group) is 1. The van der Waals surface area contributed by atoms with Gasteiger partial charge in [0, 0.05) is 12.2 Å². The largest absolute Gasteiger partial charge is 0.474 e. The third-order valence-corrected chi connectivity index (χ3v) is 3.31. The van der Waals surface area contributed by atoms with Gasteiger partial charge in [0.15, 0.2) is 5.82 Å². The first-order chi connectivity index (χ1) is 8.16. The van der Waals surface area contributed by atoms with Crippen molar-refractivity contribution >= 4 is 11.6 Å². The minimum absolute atomic E-state index is 0.0355. The van der Waals surface area contributed by atoms with Gasteiger partial charge in [0.1, 0.15) is 6.61 Å². The van der Waals surface area contributed by atoms with E-state index in [9.17, 15) is 4.39 Å². The average molecular weight is 259 g/mol. The van der Waals surface area contributed by atoms with Crippen LogP contribution in [-0.4, -0.2) is 36.1 Å². The number of likely N-dealkylation sites (tertiary alicyclic amines) is 1. The summed E-state index contributed by atoms with van der Waals surface area (Å²) in [5.41, 5.74) is 0. The van der Waals surface area contributed by atoms with E-state index in [2.05, 4.69) is 16.9 Å². The molecule has 0 aromatic carbocycles. The van der Waals surface area contributed by atoms with Gasteiger partial charge in [-0.2, -0.15) is 0 Å². The fraction of sp³-hybridized carbons (Fsp3) is 0.583. The van der Waals surface area contributed by atoms with Gasteiger partial charge in [0.05, 0.1) is 5.02 Å². The Kier molecular flexibility index (Phi) is 4.18. The molecule has 1 unspecified atom stereocenters. The zero-order chi connectivity index (χ0) is 12.3. The van der Waals surface area contributed by atoms with Gasteiger partial charge in [0.2, 0.25) is 0 Å². The Balaban J connectivity index is 1.92. The van der Waals surface area contributed by atoms with Gasteiger partial charge in [0.25, 0.3) is 5.88 Å². The van der Waals surface area contributed by atoms with Crippen molar-refractivity contribution in [3.63, 3.8) is 0 Å². The first kappa shape index (κ1) is 12.6. The Morgan fingerprint density at radius 3 is 3.12 bits per heavy atom. The predicted octanol–water partition coefficient (Wildman–Crippen LogP) is 2.74. The molecular weight excluding hydrogens is 243 g/mol. The van der Waals surface area contributed by atoms with E-state index < -0.39 is 5.82 Å². The van der Waals surface area contributed by atoms with Crippen molar-refractivity contribution in [3.8, 4) is 5.88 Å². The summed E-state index contributed by atoms with van der Waals surface area (Å²) < 4.78 is 18.8. The van der Waals surface area contributed by atoms with E-state index in [-0.39, 0.29) is 10.9 Å². The molecule has 1 aromatic heterocycles. The molecule has 2 rings (SSSR count). The van der Waals surface area contributed by atoms with E-state index >= 15 is 0 Å². The van der Waals surface area contributed by atoms with E-state index in [1.165, 1.54) is 25.1 Å². The molecule has 0 spiro atoms. The van der Waals surface area contributed by atoms with Crippen LogP contribution in [0, 0.1) is 5.82 Å². The maximum absolute atomic E-state index is 13.4. The molecule has 0 N–H and O–H groups in total. The van der Waals surface area contributed by atoms with E-state index in [1.54, 1.807) is 0 Å². The van der Waals surface area contributed by atoms with Crippen LogP contribution in [-0.2, 0) is 0 Å². The highest BCUT2D eigenvalue weighted by atomic mass is 35.5. The van der Waals surface area contributed by atoms with Crippen LogP contribution in [0.4, 0.5) is 4.39 Å². The monoisotopic (exact) mass is 258 g/mol. The lowest BCUT2D eigenvalue weighted by Crippen LogP contribution is -2.40. The van der Waals surface area contributed by atoms with Gasteiger partial charge >= 0.3 is 0 Å². The molecule has 0 aliphatic carbocycles. The number of rotatable bonds is 3. The van der Waals surface area contributed by atoms with Crippen LogP contribution in [0.25, 0.3) is 0 Å². The standard InChI is InChI=1S/C12H16ClFN2O/c1-16-5-3-2-4-10(16)8-17-12-11(14)6-9(13)7-15-12/h6-7,10H,2-5,8H2,1H3. The van der Waals surface area contributed by atoms with Gasteiger partial charge < -0.3 is 9.64 Å². The fourth-order valence-electron chi connectivity index (χ4n) is 2.04. The number of ether oxygens (including phenoxy) is 1. The highest BCUT2D eigenvalue weighted by molar-refractivity contribution is 6.30. The lowest BCUT2D eigenvalue weighted by atomic mass is 10.0. The molecular formula is C12H16ClFN2O. The van der Waals surface area contributed by atoms with Crippen molar-refractivity contribution in [3.05, 3.63) is 23.1 Å². The Morgan fingerprint density at radius 1 is 1.59 bits per heavy atom. The van der Waals surface area contributed by atoms with Crippen molar-refractivity contribution in [2.45, 2.75) is 25.3 Å². The Bertz CT molecular complexity index is 389. The molecule has 1 fully saturated rings. The molecule has 0 radical (unpaired) electrons. The van der Waals surface area contributed by atoms with Gasteiger partial charge in [-0.05, 0) is 32.5 Å². The highest BCUT2D eigenvalue weighted by Gasteiger charge is 2.20. The third kappa shape index (κ3) is 3.30. The number of piperidine rings is 1. The minimum Gasteiger partial charge on any atom is -0.474 e. The van der Waals surface area contributed by atoms with Crippen LogP contribution in [0.5, 0.6) is 5.88 Å². The molecule has 1 atom stereocenters. The second-order valence-corrected chi connectivity index (χ2v) is 4.82. The van der Waals surface area contributed by atoms with Crippen molar-refractivity contribution in [1.82, 2.24) is 9.88 Å². The molecule has 1 aliphatic rings. The summed E-state index contributed by atoms with van der Waals surface area (Å²) in [5, 5.41) is 0.282. The second-order valence-electron chi connectivity index (χ2n) is 4.38. The lowest BCUT2D eigenvalue weighted by Gasteiger charge is -2.31. The smallest absolute Gasteiger partial charge is 0.250 e. The molecule has 1 saturated heterocycles. The highest BCUT2D eigenvalue weighted by Crippen LogP contribution is 2.20. The average Bonchev–Trinajstić information content (AvgIpc) is 2.30. The van der Waals surface area contributed by atoms with E-state index in [0.717, 1.165) is 13.0 Å². The molecule has 0 saturated carbocycles.